The highest BCUT2D eigenvalue weighted by molar-refractivity contribution is 6.33. The highest BCUT2D eigenvalue weighted by atomic mass is 35.5. The average molecular weight is 518 g/mol. The number of nitrogens with zero attached hydrogens (tertiary/aromatic N) is 1. The van der Waals surface area contributed by atoms with Gasteiger partial charge in [0.05, 0.1) is 23.6 Å². The van der Waals surface area contributed by atoms with Gasteiger partial charge < -0.3 is 25.7 Å². The molecule has 9 heteroatoms. The van der Waals surface area contributed by atoms with Crippen LogP contribution >= 0.6 is 11.6 Å². The van der Waals surface area contributed by atoms with Crippen LogP contribution in [0.5, 0.6) is 0 Å². The number of amides is 1. The van der Waals surface area contributed by atoms with Crippen molar-refractivity contribution in [3.05, 3.63) is 58.1 Å². The molecular formula is C27H36ClN3O5. The normalized spacial score (nSPS) is 12.9. The van der Waals surface area contributed by atoms with Gasteiger partial charge in [-0.15, -0.1) is 0 Å². The van der Waals surface area contributed by atoms with Gasteiger partial charge in [-0.2, -0.15) is 0 Å². The van der Waals surface area contributed by atoms with Crippen molar-refractivity contribution in [3.8, 4) is 0 Å². The molecule has 3 rings (SSSR count). The summed E-state index contributed by atoms with van der Waals surface area (Å²) in [6.07, 6.45) is 1.42. The minimum atomic E-state index is -1.08. The molecule has 0 bridgehead atoms. The van der Waals surface area contributed by atoms with Gasteiger partial charge in [0, 0.05) is 24.7 Å². The molecule has 2 aromatic rings. The lowest BCUT2D eigenvalue weighted by Gasteiger charge is -2.26. The summed E-state index contributed by atoms with van der Waals surface area (Å²) in [7, 11) is 1.83. The lowest BCUT2D eigenvalue weighted by Crippen LogP contribution is -2.36. The molecule has 0 atom stereocenters. The van der Waals surface area contributed by atoms with Gasteiger partial charge in [0.25, 0.3) is 0 Å². The molecule has 0 aromatic heterocycles. The number of rotatable bonds is 7. The third-order valence-corrected chi connectivity index (χ3v) is 6.09. The zero-order chi connectivity index (χ0) is 26.9. The fraction of sp³-hybridized carbons (Fsp3) is 0.444. The minimum Gasteiger partial charge on any atom is -0.481 e. The van der Waals surface area contributed by atoms with E-state index in [9.17, 15) is 14.4 Å². The van der Waals surface area contributed by atoms with Crippen molar-refractivity contribution in [2.75, 3.05) is 30.4 Å². The van der Waals surface area contributed by atoms with Gasteiger partial charge in [0.15, 0.2) is 0 Å². The van der Waals surface area contributed by atoms with Crippen LogP contribution in [0.3, 0.4) is 0 Å². The summed E-state index contributed by atoms with van der Waals surface area (Å²) in [6.45, 7) is 8.49. The second kappa shape index (κ2) is 13.3. The Kier molecular flexibility index (Phi) is 10.7. The molecule has 196 valence electrons. The molecule has 0 spiro atoms. The van der Waals surface area contributed by atoms with E-state index in [4.69, 9.17) is 21.8 Å². The number of hydrogen-bond acceptors (Lipinski definition) is 5. The molecule has 1 amide bonds. The van der Waals surface area contributed by atoms with Crippen LogP contribution in [0.4, 0.5) is 11.4 Å². The first-order chi connectivity index (χ1) is 16.9. The first kappa shape index (κ1) is 29.1. The smallest absolute Gasteiger partial charge is 0.303 e. The van der Waals surface area contributed by atoms with E-state index in [1.165, 1.54) is 11.1 Å². The van der Waals surface area contributed by atoms with Gasteiger partial charge in [-0.1, -0.05) is 50.6 Å². The fourth-order valence-corrected chi connectivity index (χ4v) is 4.04. The fourth-order valence-electron chi connectivity index (χ4n) is 3.80. The van der Waals surface area contributed by atoms with Gasteiger partial charge >= 0.3 is 11.9 Å². The first-order valence-corrected chi connectivity index (χ1v) is 12.3. The molecule has 0 radical (unpaired) electrons. The summed E-state index contributed by atoms with van der Waals surface area (Å²) in [6, 6.07) is 12.3. The summed E-state index contributed by atoms with van der Waals surface area (Å²) in [5, 5.41) is 23.6. The topological polar surface area (TPSA) is 119 Å². The summed E-state index contributed by atoms with van der Waals surface area (Å²) in [4.78, 5) is 33.5. The largest absolute Gasteiger partial charge is 0.481 e. The number of hydrogen-bond donors (Lipinski definition) is 4. The maximum absolute atomic E-state index is 12.5. The lowest BCUT2D eigenvalue weighted by atomic mass is 9.94. The minimum absolute atomic E-state index is 0.103. The number of aliphatic carboxylic acids is 2. The Morgan fingerprint density at radius 1 is 0.972 bits per heavy atom. The molecule has 0 saturated carbocycles. The number of carbonyl (C=O) groups excluding carboxylic acids is 1. The zero-order valence-corrected chi connectivity index (χ0v) is 22.1. The van der Waals surface area contributed by atoms with Crippen LogP contribution in [0.15, 0.2) is 36.4 Å². The van der Waals surface area contributed by atoms with E-state index in [0.29, 0.717) is 6.54 Å². The van der Waals surface area contributed by atoms with Crippen LogP contribution < -0.4 is 15.5 Å². The maximum atomic E-state index is 12.5. The number of nitrogens with one attached hydrogen (secondary N) is 2. The molecule has 0 unspecified atom stereocenters. The molecule has 1 aliphatic rings. The Balaban J connectivity index is 0.000000493. The summed E-state index contributed by atoms with van der Waals surface area (Å²) < 4.78 is 0. The van der Waals surface area contributed by atoms with Gasteiger partial charge in [-0.05, 0) is 60.8 Å². The van der Waals surface area contributed by atoms with Gasteiger partial charge in [0.1, 0.15) is 0 Å². The maximum Gasteiger partial charge on any atom is 0.303 e. The van der Waals surface area contributed by atoms with E-state index >= 15 is 0 Å². The Morgan fingerprint density at radius 3 is 2.11 bits per heavy atom. The SMILES string of the molecule is CN(C(=O)C(C)(C)C)c1ccc(CNc2c(Cl)ccc3c2CCNCC3)cc1.O=C(O)CCC(=O)O. The molecule has 2 aromatic carbocycles. The standard InChI is InChI=1S/C23H30ClN3O.C4H6O4/c1-23(2,3)22(28)27(4)18-8-5-16(6-9-18)15-26-21-19-12-14-25-13-11-17(19)7-10-20(21)24;5-3(6)1-2-4(7)8/h5-10,25-26H,11-15H2,1-4H3;1-2H2,(H,5,6)(H,7,8). The predicted octanol–water partition coefficient (Wildman–Crippen LogP) is 4.59. The molecule has 0 fully saturated rings. The van der Waals surface area contributed by atoms with Crippen LogP contribution in [0.2, 0.25) is 5.02 Å². The van der Waals surface area contributed by atoms with Crippen LogP contribution in [-0.4, -0.2) is 48.2 Å². The third kappa shape index (κ3) is 8.84. The van der Waals surface area contributed by atoms with E-state index < -0.39 is 17.4 Å². The van der Waals surface area contributed by atoms with Gasteiger partial charge in [-0.3, -0.25) is 14.4 Å². The Labute approximate surface area is 217 Å². The van der Waals surface area contributed by atoms with Crippen molar-refractivity contribution < 1.29 is 24.6 Å². The van der Waals surface area contributed by atoms with Crippen molar-refractivity contribution in [2.24, 2.45) is 5.41 Å². The average Bonchev–Trinajstić information content (AvgIpc) is 3.07. The molecule has 8 nitrogen and oxygen atoms in total. The molecule has 0 saturated heterocycles. The number of benzene rings is 2. The summed E-state index contributed by atoms with van der Waals surface area (Å²) in [5.74, 6) is -2.05. The van der Waals surface area contributed by atoms with Crippen molar-refractivity contribution in [3.63, 3.8) is 0 Å². The van der Waals surface area contributed by atoms with E-state index in [1.807, 2.05) is 46.0 Å². The third-order valence-electron chi connectivity index (χ3n) is 5.77. The number of carboxylic acids is 2. The number of carbonyl (C=O) groups is 3. The van der Waals surface area contributed by atoms with Gasteiger partial charge in [-0.25, -0.2) is 0 Å². The van der Waals surface area contributed by atoms with Crippen molar-refractivity contribution in [1.82, 2.24) is 5.32 Å². The Bertz CT molecular complexity index is 1050. The molecule has 36 heavy (non-hydrogen) atoms. The Hall–Kier alpha value is -3.10. The second-order valence-corrected chi connectivity index (χ2v) is 10.1. The molecule has 4 N–H and O–H groups in total. The highest BCUT2D eigenvalue weighted by Crippen LogP contribution is 2.31. The van der Waals surface area contributed by atoms with Crippen molar-refractivity contribution >= 4 is 40.8 Å². The van der Waals surface area contributed by atoms with Crippen LogP contribution in [-0.2, 0) is 33.8 Å². The lowest BCUT2D eigenvalue weighted by molar-refractivity contribution is -0.143. The van der Waals surface area contributed by atoms with Gasteiger partial charge in [0.2, 0.25) is 5.91 Å². The van der Waals surface area contributed by atoms with Crippen molar-refractivity contribution in [2.45, 2.75) is 53.0 Å². The summed E-state index contributed by atoms with van der Waals surface area (Å²) >= 11 is 6.50. The predicted molar refractivity (Wildman–Crippen MR) is 143 cm³/mol. The summed E-state index contributed by atoms with van der Waals surface area (Å²) in [5.41, 5.74) is 5.40. The highest BCUT2D eigenvalue weighted by Gasteiger charge is 2.25. The first-order valence-electron chi connectivity index (χ1n) is 12.0. The van der Waals surface area contributed by atoms with Crippen LogP contribution in [0.25, 0.3) is 0 Å². The number of anilines is 2. The van der Waals surface area contributed by atoms with Crippen molar-refractivity contribution in [1.29, 1.82) is 0 Å². The van der Waals surface area contributed by atoms with E-state index in [1.54, 1.807) is 4.90 Å². The molecular weight excluding hydrogens is 482 g/mol. The number of fused-ring (bicyclic) bond motifs is 1. The van der Waals surface area contributed by atoms with E-state index in [0.717, 1.165) is 47.9 Å². The van der Waals surface area contributed by atoms with Crippen LogP contribution in [0, 0.1) is 5.41 Å². The number of halogens is 1. The van der Waals surface area contributed by atoms with E-state index in [-0.39, 0.29) is 18.7 Å². The molecule has 1 aliphatic heterocycles. The molecule has 1 heterocycles. The van der Waals surface area contributed by atoms with E-state index in [2.05, 4.69) is 28.8 Å². The zero-order valence-electron chi connectivity index (χ0n) is 21.4. The molecule has 0 aliphatic carbocycles. The monoisotopic (exact) mass is 517 g/mol. The van der Waals surface area contributed by atoms with Crippen LogP contribution in [0.1, 0.15) is 50.3 Å². The Morgan fingerprint density at radius 2 is 1.56 bits per heavy atom. The second-order valence-electron chi connectivity index (χ2n) is 9.73. The quantitative estimate of drug-likeness (QED) is 0.424. The number of carboxylic acid groups (broad SMARTS) is 2.